The minimum absolute atomic E-state index is 0.0380. The zero-order valence-corrected chi connectivity index (χ0v) is 17.8. The van der Waals surface area contributed by atoms with E-state index in [1.165, 1.54) is 0 Å². The van der Waals surface area contributed by atoms with E-state index in [1.54, 1.807) is 17.1 Å². The number of nitrogens with zero attached hydrogens (tertiary/aromatic N) is 4. The molecule has 8 nitrogen and oxygen atoms in total. The predicted octanol–water partition coefficient (Wildman–Crippen LogP) is 3.40. The predicted molar refractivity (Wildman–Crippen MR) is 118 cm³/mol. The van der Waals surface area contributed by atoms with E-state index in [9.17, 15) is 0 Å². The second-order valence-electron chi connectivity index (χ2n) is 7.06. The lowest BCUT2D eigenvalue weighted by Gasteiger charge is -2.21. The van der Waals surface area contributed by atoms with Crippen molar-refractivity contribution >= 4 is 23.0 Å². The van der Waals surface area contributed by atoms with Gasteiger partial charge in [0.15, 0.2) is 11.5 Å². The van der Waals surface area contributed by atoms with Gasteiger partial charge >= 0.3 is 0 Å². The molecule has 156 valence electrons. The summed E-state index contributed by atoms with van der Waals surface area (Å²) in [5.74, 6) is 2.85. The molecule has 0 fully saturated rings. The van der Waals surface area contributed by atoms with Crippen LogP contribution in [0.25, 0.3) is 5.95 Å². The number of aromatic nitrogens is 4. The molecule has 0 saturated carbocycles. The Labute approximate surface area is 180 Å². The normalized spacial score (nSPS) is 13.1. The highest BCUT2D eigenvalue weighted by Gasteiger charge is 2.17. The maximum atomic E-state index is 5.70. The molecule has 2 aromatic heterocycles. The Morgan fingerprint density at radius 1 is 1.23 bits per heavy atom. The molecule has 0 radical (unpaired) electrons. The van der Waals surface area contributed by atoms with Crippen LogP contribution in [0.2, 0.25) is 0 Å². The van der Waals surface area contributed by atoms with E-state index in [0.29, 0.717) is 12.5 Å². The number of ether oxygens (including phenoxy) is 2. The van der Waals surface area contributed by atoms with Crippen LogP contribution in [0.15, 0.2) is 43.0 Å². The van der Waals surface area contributed by atoms with Crippen LogP contribution >= 0.6 is 12.2 Å². The molecule has 3 aromatic rings. The van der Waals surface area contributed by atoms with Crippen molar-refractivity contribution in [1.82, 2.24) is 24.8 Å². The number of nitrogens with one attached hydrogen (secondary N) is 2. The standard InChI is InChI=1S/C21H24N6O2S/c1-3-4-16(20(30)23-11-15-5-6-17-18(10-15)29-13-28-17)25-19-9-14(2)24-21(26-19)27-8-7-22-12-27/h5-10,12,16H,3-4,11,13H2,1-2H3,(H,23,30)(H,24,25,26). The summed E-state index contributed by atoms with van der Waals surface area (Å²) in [6.07, 6.45) is 7.07. The molecule has 1 unspecified atom stereocenters. The topological polar surface area (TPSA) is 86.1 Å². The van der Waals surface area contributed by atoms with Gasteiger partial charge in [-0.25, -0.2) is 9.97 Å². The van der Waals surface area contributed by atoms with Crippen molar-refractivity contribution in [2.75, 3.05) is 12.1 Å². The number of anilines is 1. The minimum atomic E-state index is -0.0380. The summed E-state index contributed by atoms with van der Waals surface area (Å²) in [6, 6.07) is 7.79. The van der Waals surface area contributed by atoms with Crippen LogP contribution in [0, 0.1) is 6.92 Å². The minimum Gasteiger partial charge on any atom is -0.454 e. The molecule has 1 aliphatic heterocycles. The number of thiocarbonyl (C=S) groups is 1. The molecule has 2 N–H and O–H groups in total. The smallest absolute Gasteiger partial charge is 0.237 e. The Kier molecular flexibility index (Phi) is 6.08. The summed E-state index contributed by atoms with van der Waals surface area (Å²) in [4.78, 5) is 13.9. The summed E-state index contributed by atoms with van der Waals surface area (Å²) in [7, 11) is 0. The number of aryl methyl sites for hydroxylation is 1. The second kappa shape index (κ2) is 9.08. The Hall–Kier alpha value is -3.20. The third-order valence-electron chi connectivity index (χ3n) is 4.70. The van der Waals surface area contributed by atoms with E-state index in [0.717, 1.165) is 46.4 Å². The molecule has 0 amide bonds. The maximum Gasteiger partial charge on any atom is 0.237 e. The van der Waals surface area contributed by atoms with Crippen LogP contribution < -0.4 is 20.1 Å². The molecule has 9 heteroatoms. The molecule has 0 bridgehead atoms. The van der Waals surface area contributed by atoms with Crippen LogP contribution in [-0.4, -0.2) is 37.3 Å². The summed E-state index contributed by atoms with van der Waals surface area (Å²) in [5, 5.41) is 6.83. The highest BCUT2D eigenvalue weighted by molar-refractivity contribution is 7.80. The van der Waals surface area contributed by atoms with Crippen molar-refractivity contribution in [2.45, 2.75) is 39.3 Å². The van der Waals surface area contributed by atoms with Gasteiger partial charge in [-0.05, 0) is 31.0 Å². The Bertz CT molecular complexity index is 1020. The molecule has 30 heavy (non-hydrogen) atoms. The summed E-state index contributed by atoms with van der Waals surface area (Å²) in [6.45, 7) is 4.96. The highest BCUT2D eigenvalue weighted by atomic mass is 32.1. The maximum absolute atomic E-state index is 5.70. The van der Waals surface area contributed by atoms with Gasteiger partial charge in [-0.3, -0.25) is 4.57 Å². The Morgan fingerprint density at radius 2 is 2.10 bits per heavy atom. The first-order valence-corrected chi connectivity index (χ1v) is 10.3. The van der Waals surface area contributed by atoms with E-state index in [4.69, 9.17) is 21.7 Å². The highest BCUT2D eigenvalue weighted by Crippen LogP contribution is 2.32. The van der Waals surface area contributed by atoms with Crippen molar-refractivity contribution in [3.05, 3.63) is 54.2 Å². The zero-order valence-electron chi connectivity index (χ0n) is 17.0. The fraction of sp³-hybridized carbons (Fsp3) is 0.333. The molecular weight excluding hydrogens is 400 g/mol. The molecule has 3 heterocycles. The molecule has 1 atom stereocenters. The van der Waals surface area contributed by atoms with E-state index >= 15 is 0 Å². The Balaban J connectivity index is 1.44. The van der Waals surface area contributed by atoms with Crippen LogP contribution in [0.4, 0.5) is 5.82 Å². The van der Waals surface area contributed by atoms with Crippen molar-refractivity contribution in [1.29, 1.82) is 0 Å². The average Bonchev–Trinajstić information content (AvgIpc) is 3.43. The quantitative estimate of drug-likeness (QED) is 0.532. The van der Waals surface area contributed by atoms with Gasteiger partial charge in [-0.15, -0.1) is 0 Å². The summed E-state index contributed by atoms with van der Waals surface area (Å²) >= 11 is 5.70. The monoisotopic (exact) mass is 424 g/mol. The first kappa shape index (κ1) is 20.1. The molecule has 1 aromatic carbocycles. The average molecular weight is 425 g/mol. The summed E-state index contributed by atoms with van der Waals surface area (Å²) < 4.78 is 12.6. The lowest BCUT2D eigenvalue weighted by Crippen LogP contribution is -2.38. The Morgan fingerprint density at radius 3 is 2.90 bits per heavy atom. The fourth-order valence-electron chi connectivity index (χ4n) is 3.22. The van der Waals surface area contributed by atoms with Crippen molar-refractivity contribution < 1.29 is 9.47 Å². The van der Waals surface area contributed by atoms with Crippen LogP contribution in [0.5, 0.6) is 11.5 Å². The van der Waals surface area contributed by atoms with E-state index in [-0.39, 0.29) is 12.8 Å². The van der Waals surface area contributed by atoms with Crippen molar-refractivity contribution in [2.24, 2.45) is 0 Å². The lowest BCUT2D eigenvalue weighted by molar-refractivity contribution is 0.174. The number of hydrogen-bond donors (Lipinski definition) is 2. The molecule has 0 spiro atoms. The number of benzene rings is 1. The van der Waals surface area contributed by atoms with Gasteiger partial charge in [-0.2, -0.15) is 4.98 Å². The molecule has 0 saturated heterocycles. The van der Waals surface area contributed by atoms with Crippen LogP contribution in [0.1, 0.15) is 31.0 Å². The number of fused-ring (bicyclic) bond motifs is 1. The van der Waals surface area contributed by atoms with Crippen molar-refractivity contribution in [3.8, 4) is 17.4 Å². The van der Waals surface area contributed by atoms with Gasteiger partial charge in [0.2, 0.25) is 12.7 Å². The number of hydrogen-bond acceptors (Lipinski definition) is 7. The van der Waals surface area contributed by atoms with Gasteiger partial charge in [-0.1, -0.05) is 31.6 Å². The molecule has 1 aliphatic rings. The third-order valence-corrected chi connectivity index (χ3v) is 5.13. The zero-order chi connectivity index (χ0) is 20.9. The number of imidazole rings is 1. The van der Waals surface area contributed by atoms with Gasteiger partial charge in [0.1, 0.15) is 12.1 Å². The molecule has 0 aliphatic carbocycles. The van der Waals surface area contributed by atoms with Gasteiger partial charge < -0.3 is 20.1 Å². The van der Waals surface area contributed by atoms with Crippen LogP contribution in [0.3, 0.4) is 0 Å². The van der Waals surface area contributed by atoms with E-state index in [1.807, 2.05) is 37.4 Å². The van der Waals surface area contributed by atoms with E-state index in [2.05, 4.69) is 32.5 Å². The van der Waals surface area contributed by atoms with Crippen LogP contribution in [-0.2, 0) is 6.54 Å². The summed E-state index contributed by atoms with van der Waals surface area (Å²) in [5.41, 5.74) is 1.95. The molecular formula is C21H24N6O2S. The first-order valence-electron chi connectivity index (χ1n) is 9.89. The van der Waals surface area contributed by atoms with Gasteiger partial charge in [0.25, 0.3) is 0 Å². The third kappa shape index (κ3) is 4.68. The van der Waals surface area contributed by atoms with E-state index < -0.39 is 0 Å². The first-order chi connectivity index (χ1) is 14.6. The lowest BCUT2D eigenvalue weighted by atomic mass is 10.1. The second-order valence-corrected chi connectivity index (χ2v) is 7.50. The van der Waals surface area contributed by atoms with Crippen molar-refractivity contribution in [3.63, 3.8) is 0 Å². The molecule has 4 rings (SSSR count). The largest absolute Gasteiger partial charge is 0.454 e. The van der Waals surface area contributed by atoms with Gasteiger partial charge in [0.05, 0.1) is 11.0 Å². The van der Waals surface area contributed by atoms with Gasteiger partial charge in [0, 0.05) is 30.7 Å². The fourth-order valence-corrected chi connectivity index (χ4v) is 3.47. The SMILES string of the molecule is CCCC(Nc1cc(C)nc(-n2ccnc2)n1)C(=S)NCc1ccc2c(c1)OCO2. The number of rotatable bonds is 8.